The van der Waals surface area contributed by atoms with E-state index in [-0.39, 0.29) is 13.7 Å². The molecule has 0 aliphatic heterocycles. The molecule has 17 heavy (non-hydrogen) atoms. The van der Waals surface area contributed by atoms with Crippen LogP contribution in [-0.4, -0.2) is 9.97 Å². The van der Waals surface area contributed by atoms with Gasteiger partial charge >= 0.3 is 0 Å². The first-order valence-electron chi connectivity index (χ1n) is 4.58. The van der Waals surface area contributed by atoms with Crippen molar-refractivity contribution in [2.75, 3.05) is 5.32 Å². The number of rotatable bonds is 3. The third kappa shape index (κ3) is 2.91. The van der Waals surface area contributed by atoms with Crippen molar-refractivity contribution in [3.8, 4) is 0 Å². The first kappa shape index (κ1) is 12.2. The summed E-state index contributed by atoms with van der Waals surface area (Å²) in [5.74, 6) is 0.378. The number of aromatic nitrogens is 2. The van der Waals surface area contributed by atoms with Crippen molar-refractivity contribution < 1.29 is 4.57 Å². The molecule has 0 amide bonds. The molecule has 0 saturated heterocycles. The van der Waals surface area contributed by atoms with E-state index in [0.717, 1.165) is 0 Å². The van der Waals surface area contributed by atoms with Gasteiger partial charge in [0.2, 0.25) is 5.28 Å². The zero-order valence-electron chi connectivity index (χ0n) is 8.39. The number of para-hydroxylation sites is 1. The lowest BCUT2D eigenvalue weighted by Crippen LogP contribution is -2.04. The highest BCUT2D eigenvalue weighted by atomic mass is 35.5. The Bertz CT molecular complexity index is 565. The molecule has 4 nitrogen and oxygen atoms in total. The Labute approximate surface area is 109 Å². The van der Waals surface area contributed by atoms with Crippen LogP contribution in [0.25, 0.3) is 0 Å². The highest BCUT2D eigenvalue weighted by Crippen LogP contribution is 2.23. The van der Waals surface area contributed by atoms with Gasteiger partial charge in [-0.2, -0.15) is 4.98 Å². The Hall–Kier alpha value is -1.22. The zero-order chi connectivity index (χ0) is 12.3. The fourth-order valence-electron chi connectivity index (χ4n) is 1.22. The highest BCUT2D eigenvalue weighted by molar-refractivity contribution is 7.34. The van der Waals surface area contributed by atoms with Crippen LogP contribution >= 0.6 is 31.7 Å². The predicted molar refractivity (Wildman–Crippen MR) is 69.0 cm³/mol. The van der Waals surface area contributed by atoms with Crippen LogP contribution < -0.4 is 10.6 Å². The number of benzene rings is 1. The minimum Gasteiger partial charge on any atom is -0.338 e. The Morgan fingerprint density at radius 1 is 1.24 bits per heavy atom. The van der Waals surface area contributed by atoms with Crippen molar-refractivity contribution in [3.63, 3.8) is 0 Å². The first-order chi connectivity index (χ1) is 8.20. The maximum Gasteiger partial charge on any atom is 0.224 e. The lowest BCUT2D eigenvalue weighted by molar-refractivity contribution is 0.603. The van der Waals surface area contributed by atoms with Crippen molar-refractivity contribution in [1.82, 2.24) is 9.97 Å². The van der Waals surface area contributed by atoms with Gasteiger partial charge in [-0.1, -0.05) is 23.7 Å². The maximum atomic E-state index is 10.9. The van der Waals surface area contributed by atoms with E-state index >= 15 is 0 Å². The predicted octanol–water partition coefficient (Wildman–Crippen LogP) is 3.44. The number of hydrogen-bond acceptors (Lipinski definition) is 4. The van der Waals surface area contributed by atoms with Crippen LogP contribution in [0.5, 0.6) is 0 Å². The maximum absolute atomic E-state index is 10.9. The van der Waals surface area contributed by atoms with Crippen LogP contribution in [0.4, 0.5) is 11.5 Å². The van der Waals surface area contributed by atoms with Crippen LogP contribution in [0.3, 0.4) is 0 Å². The van der Waals surface area contributed by atoms with Crippen LogP contribution in [0.2, 0.25) is 10.3 Å². The fraction of sp³-hybridized carbons (Fsp3) is 0. The summed E-state index contributed by atoms with van der Waals surface area (Å²) in [6, 6.07) is 7.11. The normalized spacial score (nSPS) is 10.5. The lowest BCUT2D eigenvalue weighted by Gasteiger charge is -2.08. The van der Waals surface area contributed by atoms with Gasteiger partial charge in [0.05, 0.1) is 17.2 Å². The first-order valence-corrected chi connectivity index (χ1v) is 6.15. The van der Waals surface area contributed by atoms with Crippen molar-refractivity contribution in [3.05, 3.63) is 40.8 Å². The molecular weight excluding hydrogens is 280 g/mol. The molecule has 1 aromatic heterocycles. The Balaban J connectivity index is 2.37. The second kappa shape index (κ2) is 5.41. The molecule has 0 radical (unpaired) electrons. The largest absolute Gasteiger partial charge is 0.338 e. The van der Waals surface area contributed by atoms with Crippen LogP contribution in [0, 0.1) is 0 Å². The van der Waals surface area contributed by atoms with E-state index in [2.05, 4.69) is 15.3 Å². The van der Waals surface area contributed by atoms with Crippen LogP contribution in [0.1, 0.15) is 0 Å². The van der Waals surface area contributed by atoms with Gasteiger partial charge in [-0.3, -0.25) is 4.57 Å². The molecule has 0 aliphatic rings. The summed E-state index contributed by atoms with van der Waals surface area (Å²) < 4.78 is 10.9. The molecular formula is C10H6Cl2N3OP. The van der Waals surface area contributed by atoms with Gasteiger partial charge in [-0.25, -0.2) is 4.98 Å². The molecule has 0 atom stereocenters. The fourth-order valence-corrected chi connectivity index (χ4v) is 1.87. The zero-order valence-corrected chi connectivity index (χ0v) is 10.8. The van der Waals surface area contributed by atoms with E-state index in [9.17, 15) is 4.57 Å². The summed E-state index contributed by atoms with van der Waals surface area (Å²) >= 11 is 11.6. The van der Waals surface area contributed by atoms with Crippen molar-refractivity contribution in [1.29, 1.82) is 0 Å². The Morgan fingerprint density at radius 3 is 2.76 bits per heavy atom. The van der Waals surface area contributed by atoms with Gasteiger partial charge in [0, 0.05) is 0 Å². The average Bonchev–Trinajstić information content (AvgIpc) is 2.34. The van der Waals surface area contributed by atoms with Gasteiger partial charge in [0.1, 0.15) is 5.02 Å². The summed E-state index contributed by atoms with van der Waals surface area (Å²) in [5.41, 5.74) is 0.654. The number of nitrogens with one attached hydrogen (secondary N) is 1. The molecule has 0 unspecified atom stereocenters. The number of hydrogen-bond donors (Lipinski definition) is 1. The van der Waals surface area contributed by atoms with Crippen molar-refractivity contribution >= 4 is 48.5 Å². The summed E-state index contributed by atoms with van der Waals surface area (Å²) in [7, 11) is -0.0823. The molecule has 0 saturated carbocycles. The summed E-state index contributed by atoms with van der Waals surface area (Å²) in [6.45, 7) is 0. The molecule has 7 heteroatoms. The minimum atomic E-state index is -0.0823. The van der Waals surface area contributed by atoms with Gasteiger partial charge in [-0.05, 0) is 23.7 Å². The topological polar surface area (TPSA) is 54.9 Å². The van der Waals surface area contributed by atoms with E-state index in [4.69, 9.17) is 23.2 Å². The van der Waals surface area contributed by atoms with Gasteiger partial charge < -0.3 is 5.32 Å². The van der Waals surface area contributed by atoms with Gasteiger partial charge in [0.15, 0.2) is 14.3 Å². The number of nitrogens with zero attached hydrogens (tertiary/aromatic N) is 2. The van der Waals surface area contributed by atoms with Crippen molar-refractivity contribution in [2.24, 2.45) is 0 Å². The van der Waals surface area contributed by atoms with Gasteiger partial charge in [-0.15, -0.1) is 0 Å². The Kier molecular flexibility index (Phi) is 3.89. The monoisotopic (exact) mass is 285 g/mol. The molecule has 0 bridgehead atoms. The van der Waals surface area contributed by atoms with Crippen molar-refractivity contribution in [2.45, 2.75) is 0 Å². The molecule has 2 rings (SSSR count). The quantitative estimate of drug-likeness (QED) is 0.693. The molecule has 0 aliphatic carbocycles. The van der Waals surface area contributed by atoms with E-state index in [1.54, 1.807) is 18.2 Å². The van der Waals surface area contributed by atoms with Crippen LogP contribution in [0.15, 0.2) is 30.5 Å². The molecule has 0 fully saturated rings. The molecule has 1 aromatic carbocycles. The Morgan fingerprint density at radius 2 is 2.00 bits per heavy atom. The molecule has 2 aromatic rings. The standard InChI is InChI=1S/C10H6Cl2N3OP/c11-6-5-13-10(12)15-9(6)14-7-3-1-2-4-8(7)17-16/h1-5H,(H,13,14,15). The van der Waals surface area contributed by atoms with Crippen LogP contribution in [-0.2, 0) is 4.57 Å². The third-order valence-electron chi connectivity index (χ3n) is 1.97. The number of halogens is 2. The second-order valence-electron chi connectivity index (χ2n) is 3.07. The second-order valence-corrected chi connectivity index (χ2v) is 4.48. The molecule has 1 heterocycles. The summed E-state index contributed by atoms with van der Waals surface area (Å²) in [4.78, 5) is 7.69. The molecule has 1 N–H and O–H groups in total. The third-order valence-corrected chi connectivity index (χ3v) is 3.02. The van der Waals surface area contributed by atoms with E-state index in [0.29, 0.717) is 21.8 Å². The SMILES string of the molecule is O=Pc1ccccc1Nc1nc(Cl)ncc1Cl. The lowest BCUT2D eigenvalue weighted by atomic mass is 10.3. The summed E-state index contributed by atoms with van der Waals surface area (Å²) in [5, 5.41) is 4.00. The van der Waals surface area contributed by atoms with E-state index < -0.39 is 0 Å². The molecule has 86 valence electrons. The van der Waals surface area contributed by atoms with E-state index in [1.165, 1.54) is 6.20 Å². The smallest absolute Gasteiger partial charge is 0.224 e. The average molecular weight is 286 g/mol. The summed E-state index contributed by atoms with van der Waals surface area (Å²) in [6.07, 6.45) is 1.40. The highest BCUT2D eigenvalue weighted by Gasteiger charge is 2.07. The van der Waals surface area contributed by atoms with Gasteiger partial charge in [0.25, 0.3) is 0 Å². The minimum absolute atomic E-state index is 0.0823. The molecule has 0 spiro atoms. The van der Waals surface area contributed by atoms with E-state index in [1.807, 2.05) is 6.07 Å². The number of anilines is 2.